The van der Waals surface area contributed by atoms with E-state index < -0.39 is 0 Å². The molecule has 5 nitrogen and oxygen atoms in total. The van der Waals surface area contributed by atoms with Crippen LogP contribution in [-0.2, 0) is 13.1 Å². The Kier molecular flexibility index (Phi) is 5.55. The monoisotopic (exact) mass is 467 g/mol. The number of allylic oxidation sites excluding steroid dienone is 1. The number of methoxy groups -OCH3 is 1. The van der Waals surface area contributed by atoms with Gasteiger partial charge in [-0.1, -0.05) is 47.5 Å². The largest absolute Gasteiger partial charge is 0.496 e. The molecule has 3 aromatic rings. The number of hydrogen-bond donors (Lipinski definition) is 0. The normalized spacial score (nSPS) is 16.3. The molecule has 0 saturated carbocycles. The van der Waals surface area contributed by atoms with Crippen molar-refractivity contribution in [3.8, 4) is 17.2 Å². The summed E-state index contributed by atoms with van der Waals surface area (Å²) in [7, 11) is 1.66. The third-order valence-electron chi connectivity index (χ3n) is 5.51. The summed E-state index contributed by atoms with van der Waals surface area (Å²) in [6.45, 7) is 1.67. The number of rotatable bonds is 4. The molecule has 0 aliphatic carbocycles. The number of Topliss-reactive ketones (excluding diaryl/α,β-unsaturated/α-hetero) is 1. The minimum atomic E-state index is -0.171. The fraction of sp³-hybridized carbons (Fsp3) is 0.160. The minimum absolute atomic E-state index is 0.171. The molecule has 0 bridgehead atoms. The maximum absolute atomic E-state index is 13.0. The standard InChI is InChI=1S/C25H19Cl2NO4/c1-30-21-5-3-2-4-16(21)12-28-13-18-22(31-14-28)9-7-17-24(29)23(32-25(17)18)11-15-6-8-19(26)20(27)10-15/h2-11H,12-14H2,1H3/b23-11-. The van der Waals surface area contributed by atoms with Gasteiger partial charge in [-0.05, 0) is 42.0 Å². The predicted octanol–water partition coefficient (Wildman–Crippen LogP) is 5.97. The second kappa shape index (κ2) is 8.51. The number of nitrogens with zero attached hydrogens (tertiary/aromatic N) is 1. The van der Waals surface area contributed by atoms with E-state index in [2.05, 4.69) is 4.90 Å². The lowest BCUT2D eigenvalue weighted by Crippen LogP contribution is -2.31. The third kappa shape index (κ3) is 3.84. The van der Waals surface area contributed by atoms with Gasteiger partial charge in [0.05, 0.1) is 28.3 Å². The first-order valence-electron chi connectivity index (χ1n) is 10.1. The highest BCUT2D eigenvalue weighted by molar-refractivity contribution is 6.42. The summed E-state index contributed by atoms with van der Waals surface area (Å²) in [5, 5.41) is 0.874. The molecule has 162 valence electrons. The first kappa shape index (κ1) is 20.9. The van der Waals surface area contributed by atoms with Crippen LogP contribution >= 0.6 is 23.2 Å². The average molecular weight is 468 g/mol. The van der Waals surface area contributed by atoms with Gasteiger partial charge in [0.25, 0.3) is 0 Å². The summed E-state index contributed by atoms with van der Waals surface area (Å²) < 4.78 is 17.5. The molecule has 0 aromatic heterocycles. The van der Waals surface area contributed by atoms with Crippen molar-refractivity contribution < 1.29 is 19.0 Å². The average Bonchev–Trinajstić information content (AvgIpc) is 3.12. The van der Waals surface area contributed by atoms with Crippen molar-refractivity contribution in [3.63, 3.8) is 0 Å². The van der Waals surface area contributed by atoms with E-state index in [0.29, 0.717) is 41.2 Å². The number of fused-ring (bicyclic) bond motifs is 3. The molecule has 5 rings (SSSR count). The van der Waals surface area contributed by atoms with Gasteiger partial charge in [-0.25, -0.2) is 0 Å². The highest BCUT2D eigenvalue weighted by atomic mass is 35.5. The smallest absolute Gasteiger partial charge is 0.231 e. The molecular formula is C25H19Cl2NO4. The molecular weight excluding hydrogens is 449 g/mol. The van der Waals surface area contributed by atoms with E-state index in [1.807, 2.05) is 30.3 Å². The van der Waals surface area contributed by atoms with Crippen LogP contribution in [0.25, 0.3) is 6.08 Å². The van der Waals surface area contributed by atoms with E-state index in [1.165, 1.54) is 0 Å². The van der Waals surface area contributed by atoms with E-state index in [1.54, 1.807) is 37.5 Å². The molecule has 7 heteroatoms. The number of para-hydroxylation sites is 1. The summed E-state index contributed by atoms with van der Waals surface area (Å²) in [6.07, 6.45) is 1.67. The second-order valence-corrected chi connectivity index (χ2v) is 8.42. The fourth-order valence-corrected chi connectivity index (χ4v) is 4.24. The number of halogens is 2. The highest BCUT2D eigenvalue weighted by Gasteiger charge is 2.33. The maximum atomic E-state index is 13.0. The Morgan fingerprint density at radius 1 is 1.09 bits per heavy atom. The molecule has 32 heavy (non-hydrogen) atoms. The van der Waals surface area contributed by atoms with E-state index in [4.69, 9.17) is 37.4 Å². The SMILES string of the molecule is COc1ccccc1CN1COc2ccc3c(c2C1)O/C(=C\c1ccc(Cl)c(Cl)c1)C3=O. The van der Waals surface area contributed by atoms with Gasteiger partial charge >= 0.3 is 0 Å². The van der Waals surface area contributed by atoms with Crippen LogP contribution in [0.1, 0.15) is 27.0 Å². The summed E-state index contributed by atoms with van der Waals surface area (Å²) >= 11 is 12.1. The van der Waals surface area contributed by atoms with E-state index in [0.717, 1.165) is 28.2 Å². The zero-order valence-electron chi connectivity index (χ0n) is 17.2. The van der Waals surface area contributed by atoms with Crippen molar-refractivity contribution in [1.29, 1.82) is 0 Å². The lowest BCUT2D eigenvalue weighted by molar-refractivity contribution is 0.0865. The number of hydrogen-bond acceptors (Lipinski definition) is 5. The molecule has 2 aliphatic heterocycles. The Hall–Kier alpha value is -2.99. The Morgan fingerprint density at radius 2 is 1.94 bits per heavy atom. The minimum Gasteiger partial charge on any atom is -0.496 e. The lowest BCUT2D eigenvalue weighted by Gasteiger charge is -2.30. The Morgan fingerprint density at radius 3 is 2.75 bits per heavy atom. The maximum Gasteiger partial charge on any atom is 0.231 e. The molecule has 2 aliphatic rings. The summed E-state index contributed by atoms with van der Waals surface area (Å²) in [5.41, 5.74) is 3.18. The summed E-state index contributed by atoms with van der Waals surface area (Å²) in [6, 6.07) is 16.6. The van der Waals surface area contributed by atoms with Crippen LogP contribution in [0, 0.1) is 0 Å². The topological polar surface area (TPSA) is 48.0 Å². The quantitative estimate of drug-likeness (QED) is 0.442. The molecule has 0 N–H and O–H groups in total. The zero-order chi connectivity index (χ0) is 22.2. The van der Waals surface area contributed by atoms with Gasteiger partial charge in [0.2, 0.25) is 5.78 Å². The highest BCUT2D eigenvalue weighted by Crippen LogP contribution is 2.42. The Labute approximate surface area is 195 Å². The number of ketones is 1. The van der Waals surface area contributed by atoms with Gasteiger partial charge in [0.15, 0.2) is 5.76 Å². The van der Waals surface area contributed by atoms with Gasteiger partial charge < -0.3 is 14.2 Å². The molecule has 0 saturated heterocycles. The van der Waals surface area contributed by atoms with Crippen LogP contribution in [-0.4, -0.2) is 24.5 Å². The summed E-state index contributed by atoms with van der Waals surface area (Å²) in [4.78, 5) is 15.1. The van der Waals surface area contributed by atoms with Crippen molar-refractivity contribution >= 4 is 35.1 Å². The van der Waals surface area contributed by atoms with Gasteiger partial charge in [0.1, 0.15) is 24.0 Å². The van der Waals surface area contributed by atoms with Crippen molar-refractivity contribution in [1.82, 2.24) is 4.90 Å². The van der Waals surface area contributed by atoms with Crippen LogP contribution in [0.5, 0.6) is 17.2 Å². The first-order valence-corrected chi connectivity index (χ1v) is 10.8. The van der Waals surface area contributed by atoms with Gasteiger partial charge in [-0.15, -0.1) is 0 Å². The van der Waals surface area contributed by atoms with Crippen LogP contribution in [0.3, 0.4) is 0 Å². The van der Waals surface area contributed by atoms with Crippen molar-refractivity contribution in [2.45, 2.75) is 13.1 Å². The molecule has 2 heterocycles. The molecule has 0 fully saturated rings. The third-order valence-corrected chi connectivity index (χ3v) is 6.25. The molecule has 0 atom stereocenters. The molecule has 0 unspecified atom stereocenters. The van der Waals surface area contributed by atoms with E-state index >= 15 is 0 Å². The predicted molar refractivity (Wildman–Crippen MR) is 124 cm³/mol. The van der Waals surface area contributed by atoms with Crippen molar-refractivity contribution in [2.24, 2.45) is 0 Å². The van der Waals surface area contributed by atoms with Crippen molar-refractivity contribution in [2.75, 3.05) is 13.8 Å². The van der Waals surface area contributed by atoms with Gasteiger partial charge in [0, 0.05) is 18.7 Å². The number of carbonyl (C=O) groups is 1. The van der Waals surface area contributed by atoms with Gasteiger partial charge in [-0.3, -0.25) is 9.69 Å². The molecule has 0 amide bonds. The van der Waals surface area contributed by atoms with E-state index in [-0.39, 0.29) is 11.5 Å². The summed E-state index contributed by atoms with van der Waals surface area (Å²) in [5.74, 6) is 2.17. The van der Waals surface area contributed by atoms with Crippen LogP contribution in [0.15, 0.2) is 60.4 Å². The molecule has 3 aromatic carbocycles. The zero-order valence-corrected chi connectivity index (χ0v) is 18.7. The van der Waals surface area contributed by atoms with Crippen molar-refractivity contribution in [3.05, 3.63) is 92.7 Å². The van der Waals surface area contributed by atoms with Crippen LogP contribution in [0.2, 0.25) is 10.0 Å². The Balaban J connectivity index is 1.43. The number of ether oxygens (including phenoxy) is 3. The number of benzene rings is 3. The lowest BCUT2D eigenvalue weighted by atomic mass is 10.0. The Bertz CT molecular complexity index is 1250. The van der Waals surface area contributed by atoms with E-state index in [9.17, 15) is 4.79 Å². The second-order valence-electron chi connectivity index (χ2n) is 7.60. The fourth-order valence-electron chi connectivity index (χ4n) is 3.93. The molecule has 0 spiro atoms. The first-order chi connectivity index (χ1) is 15.5. The van der Waals surface area contributed by atoms with Gasteiger partial charge in [-0.2, -0.15) is 0 Å². The molecule has 0 radical (unpaired) electrons. The number of carbonyl (C=O) groups excluding carboxylic acids is 1. The van der Waals surface area contributed by atoms with Crippen LogP contribution in [0.4, 0.5) is 0 Å². The van der Waals surface area contributed by atoms with Crippen LogP contribution < -0.4 is 14.2 Å².